The molecule has 0 aliphatic carbocycles. The third kappa shape index (κ3) is 2.37. The van der Waals surface area contributed by atoms with Crippen LogP contribution in [0.3, 0.4) is 0 Å². The van der Waals surface area contributed by atoms with Crippen molar-refractivity contribution in [1.82, 2.24) is 4.90 Å². The van der Waals surface area contributed by atoms with Crippen LogP contribution in [0.1, 0.15) is 20.8 Å². The monoisotopic (exact) mass is 201 g/mol. The Morgan fingerprint density at radius 3 is 2.64 bits per heavy atom. The lowest BCUT2D eigenvalue weighted by Gasteiger charge is -2.26. The molecule has 0 saturated carbocycles. The van der Waals surface area contributed by atoms with Crippen molar-refractivity contribution < 1.29 is 19.4 Å². The van der Waals surface area contributed by atoms with Crippen LogP contribution in [0.25, 0.3) is 0 Å². The fourth-order valence-corrected chi connectivity index (χ4v) is 1.34. The van der Waals surface area contributed by atoms with Gasteiger partial charge in [0.2, 0.25) is 0 Å². The highest BCUT2D eigenvalue weighted by atomic mass is 16.6. The number of amides is 1. The molecule has 0 aromatic carbocycles. The Kier molecular flexibility index (Phi) is 2.69. The number of carboxylic acids is 1. The quantitative estimate of drug-likeness (QED) is 0.722. The third-order valence-corrected chi connectivity index (χ3v) is 1.91. The van der Waals surface area contributed by atoms with Crippen LogP contribution in [-0.2, 0) is 9.53 Å². The summed E-state index contributed by atoms with van der Waals surface area (Å²) in [5.74, 6) is -1.01. The van der Waals surface area contributed by atoms with E-state index >= 15 is 0 Å². The first-order valence-corrected chi connectivity index (χ1v) is 4.47. The summed E-state index contributed by atoms with van der Waals surface area (Å²) in [4.78, 5) is 23.2. The molecule has 1 fully saturated rings. The Bertz CT molecular complexity index is 256. The lowest BCUT2D eigenvalue weighted by atomic mass is 9.95. The largest absolute Gasteiger partial charge is 0.480 e. The normalized spacial score (nSPS) is 22.4. The van der Waals surface area contributed by atoms with Gasteiger partial charge in [0.05, 0.1) is 0 Å². The van der Waals surface area contributed by atoms with E-state index in [1.807, 2.05) is 20.8 Å². The van der Waals surface area contributed by atoms with E-state index in [9.17, 15) is 9.59 Å². The van der Waals surface area contributed by atoms with E-state index < -0.39 is 18.1 Å². The molecule has 1 amide bonds. The number of nitrogens with zero attached hydrogens (tertiary/aromatic N) is 1. The van der Waals surface area contributed by atoms with Gasteiger partial charge in [0, 0.05) is 6.54 Å². The average molecular weight is 201 g/mol. The Balaban J connectivity index is 2.72. The second-order valence-electron chi connectivity index (χ2n) is 4.62. The number of carbonyl (C=O) groups is 2. The molecule has 1 aliphatic rings. The van der Waals surface area contributed by atoms with Crippen LogP contribution in [0.2, 0.25) is 0 Å². The van der Waals surface area contributed by atoms with Crippen molar-refractivity contribution in [2.45, 2.75) is 26.8 Å². The van der Waals surface area contributed by atoms with Gasteiger partial charge in [0.15, 0.2) is 6.04 Å². The molecule has 1 aliphatic heterocycles. The van der Waals surface area contributed by atoms with E-state index in [2.05, 4.69) is 0 Å². The number of hydrogen-bond acceptors (Lipinski definition) is 3. The van der Waals surface area contributed by atoms with E-state index in [0.29, 0.717) is 6.54 Å². The van der Waals surface area contributed by atoms with E-state index in [1.165, 1.54) is 4.90 Å². The van der Waals surface area contributed by atoms with Crippen molar-refractivity contribution in [2.24, 2.45) is 5.41 Å². The second kappa shape index (κ2) is 3.48. The van der Waals surface area contributed by atoms with Gasteiger partial charge in [-0.05, 0) is 5.41 Å². The Morgan fingerprint density at radius 2 is 2.21 bits per heavy atom. The van der Waals surface area contributed by atoms with E-state index in [4.69, 9.17) is 9.84 Å². The minimum Gasteiger partial charge on any atom is -0.480 e. The van der Waals surface area contributed by atoms with Crippen molar-refractivity contribution >= 4 is 12.1 Å². The van der Waals surface area contributed by atoms with Gasteiger partial charge in [0.1, 0.15) is 6.61 Å². The lowest BCUT2D eigenvalue weighted by Crippen LogP contribution is -2.43. The van der Waals surface area contributed by atoms with Crippen LogP contribution in [0, 0.1) is 5.41 Å². The molecule has 1 N–H and O–H groups in total. The molecule has 5 heteroatoms. The summed E-state index contributed by atoms with van der Waals surface area (Å²) in [6.07, 6.45) is -0.535. The summed E-state index contributed by atoms with van der Waals surface area (Å²) in [5.41, 5.74) is -0.128. The fraction of sp³-hybridized carbons (Fsp3) is 0.778. The van der Waals surface area contributed by atoms with E-state index in [0.717, 1.165) is 0 Å². The zero-order chi connectivity index (χ0) is 10.9. The smallest absolute Gasteiger partial charge is 0.410 e. The molecule has 0 spiro atoms. The van der Waals surface area contributed by atoms with Gasteiger partial charge in [-0.3, -0.25) is 4.90 Å². The van der Waals surface area contributed by atoms with Crippen molar-refractivity contribution in [3.63, 3.8) is 0 Å². The molecule has 80 valence electrons. The number of carboxylic acid groups (broad SMARTS) is 1. The molecule has 0 aromatic heterocycles. The highest BCUT2D eigenvalue weighted by molar-refractivity contribution is 5.82. The van der Waals surface area contributed by atoms with Crippen LogP contribution >= 0.6 is 0 Å². The zero-order valence-electron chi connectivity index (χ0n) is 8.61. The first kappa shape index (κ1) is 10.8. The number of aliphatic carboxylic acids is 1. The Morgan fingerprint density at radius 1 is 1.64 bits per heavy atom. The van der Waals surface area contributed by atoms with Crippen LogP contribution < -0.4 is 0 Å². The minimum atomic E-state index is -1.01. The molecule has 5 nitrogen and oxygen atoms in total. The Hall–Kier alpha value is -1.26. The molecule has 14 heavy (non-hydrogen) atoms. The molecule has 0 aromatic rings. The number of carbonyl (C=O) groups excluding carboxylic acids is 1. The lowest BCUT2D eigenvalue weighted by molar-refractivity contribution is -0.141. The van der Waals surface area contributed by atoms with Crippen LogP contribution in [0.4, 0.5) is 4.79 Å². The highest BCUT2D eigenvalue weighted by Gasteiger charge is 2.39. The molecular weight excluding hydrogens is 186 g/mol. The number of rotatable bonds is 2. The first-order chi connectivity index (χ1) is 6.31. The topological polar surface area (TPSA) is 66.8 Å². The molecule has 1 unspecified atom stereocenters. The van der Waals surface area contributed by atoms with Crippen molar-refractivity contribution in [2.75, 3.05) is 13.2 Å². The molecule has 1 rings (SSSR count). The average Bonchev–Trinajstić information content (AvgIpc) is 2.29. The van der Waals surface area contributed by atoms with E-state index in [1.54, 1.807) is 0 Å². The van der Waals surface area contributed by atoms with Crippen LogP contribution in [-0.4, -0.2) is 41.3 Å². The Labute approximate surface area is 82.6 Å². The maximum Gasteiger partial charge on any atom is 0.410 e. The highest BCUT2D eigenvalue weighted by Crippen LogP contribution is 2.21. The maximum atomic E-state index is 11.2. The van der Waals surface area contributed by atoms with Gasteiger partial charge in [-0.15, -0.1) is 0 Å². The number of hydrogen-bond donors (Lipinski definition) is 1. The summed E-state index contributed by atoms with van der Waals surface area (Å²) in [6, 6.07) is -0.832. The maximum absolute atomic E-state index is 11.2. The van der Waals surface area contributed by atoms with Gasteiger partial charge in [-0.25, -0.2) is 9.59 Å². The second-order valence-corrected chi connectivity index (χ2v) is 4.62. The summed E-state index contributed by atoms with van der Waals surface area (Å²) in [7, 11) is 0. The molecule has 1 saturated heterocycles. The van der Waals surface area contributed by atoms with Gasteiger partial charge in [0.25, 0.3) is 0 Å². The predicted octanol–water partition coefficient (Wildman–Crippen LogP) is 0.938. The number of ether oxygens (including phenoxy) is 1. The summed E-state index contributed by atoms with van der Waals surface area (Å²) in [5, 5.41) is 8.82. The van der Waals surface area contributed by atoms with Gasteiger partial charge >= 0.3 is 12.1 Å². The first-order valence-electron chi connectivity index (χ1n) is 4.47. The van der Waals surface area contributed by atoms with Crippen LogP contribution in [0.15, 0.2) is 0 Å². The zero-order valence-corrected chi connectivity index (χ0v) is 8.61. The molecule has 0 bridgehead atoms. The van der Waals surface area contributed by atoms with Gasteiger partial charge in [-0.2, -0.15) is 0 Å². The molecular formula is C9H15NO4. The third-order valence-electron chi connectivity index (χ3n) is 1.91. The van der Waals surface area contributed by atoms with Crippen molar-refractivity contribution in [1.29, 1.82) is 0 Å². The minimum absolute atomic E-state index is 0.0513. The molecule has 1 heterocycles. The fourth-order valence-electron chi connectivity index (χ4n) is 1.34. The summed E-state index contributed by atoms with van der Waals surface area (Å²) >= 11 is 0. The van der Waals surface area contributed by atoms with Crippen molar-refractivity contribution in [3.8, 4) is 0 Å². The summed E-state index contributed by atoms with van der Waals surface area (Å²) < 4.78 is 4.69. The van der Waals surface area contributed by atoms with Crippen LogP contribution in [0.5, 0.6) is 0 Å². The molecule has 1 atom stereocenters. The van der Waals surface area contributed by atoms with E-state index in [-0.39, 0.29) is 12.0 Å². The standard InChI is InChI=1S/C9H15NO4/c1-9(2,3)5-10-6(7(11)12)4-14-8(10)13/h6H,4-5H2,1-3H3,(H,11,12). The molecule has 0 radical (unpaired) electrons. The van der Waals surface area contributed by atoms with Gasteiger partial charge in [-0.1, -0.05) is 20.8 Å². The SMILES string of the molecule is CC(C)(C)CN1C(=O)OCC1C(=O)O. The predicted molar refractivity (Wildman–Crippen MR) is 48.9 cm³/mol. The number of cyclic esters (lactones) is 1. The van der Waals surface area contributed by atoms with Crippen molar-refractivity contribution in [3.05, 3.63) is 0 Å². The van der Waals surface area contributed by atoms with Gasteiger partial charge < -0.3 is 9.84 Å². The summed E-state index contributed by atoms with van der Waals surface area (Å²) in [6.45, 7) is 6.17.